The molecule has 0 aliphatic carbocycles. The summed E-state index contributed by atoms with van der Waals surface area (Å²) in [7, 11) is 0. The average molecular weight is 925 g/mol. The summed E-state index contributed by atoms with van der Waals surface area (Å²) < 4.78 is 0. The van der Waals surface area contributed by atoms with E-state index in [0.29, 0.717) is 18.3 Å². The normalized spacial score (nSPS) is 13.9. The Morgan fingerprint density at radius 2 is 1.28 bits per heavy atom. The molecule has 2 heterocycles. The predicted octanol–water partition coefficient (Wildman–Crippen LogP) is 13.1. The molecule has 0 saturated heterocycles. The van der Waals surface area contributed by atoms with Crippen molar-refractivity contribution < 1.29 is 26.2 Å². The number of phenols is 1. The van der Waals surface area contributed by atoms with E-state index in [0.717, 1.165) is 51.0 Å². The maximum Gasteiger partial charge on any atom is 0.128 e. The first-order valence-corrected chi connectivity index (χ1v) is 19.9. The van der Waals surface area contributed by atoms with Gasteiger partial charge in [-0.1, -0.05) is 130 Å². The van der Waals surface area contributed by atoms with Gasteiger partial charge in [-0.05, 0) is 105 Å². The number of aryl methyl sites for hydroxylation is 2. The Morgan fingerprint density at radius 3 is 1.95 bits per heavy atom. The zero-order valence-electron chi connectivity index (χ0n) is 33.6. The van der Waals surface area contributed by atoms with E-state index in [1.54, 1.807) is 0 Å². The standard InChI is InChI=1S/C53H49N2O.Pt/c1-33(2)41-25-42(34(3)4)27-43(26-41)44-28-46(23-38-16-10-11-17-39(38)24-47-32-54-31-40-18-12-13-19-48(40)47)53(56)50(29-44)51-30-49(45-21-35(5)20-36(6)22-45)52(55-51)37-14-8-7-9-15-37;/h7-14,16-22,25-34,49,56H,23-24H2,1-6H3;/q-1;. The Morgan fingerprint density at radius 1 is 0.649 bits per heavy atom. The summed E-state index contributed by atoms with van der Waals surface area (Å²) >= 11 is 0. The molecule has 1 aliphatic rings. The van der Waals surface area contributed by atoms with Crippen molar-refractivity contribution in [2.24, 2.45) is 4.99 Å². The van der Waals surface area contributed by atoms with Crippen molar-refractivity contribution in [1.82, 2.24) is 4.98 Å². The molecule has 1 unspecified atom stereocenters. The molecule has 1 atom stereocenters. The minimum Gasteiger partial charge on any atom is -0.507 e. The molecule has 1 aromatic heterocycles. The van der Waals surface area contributed by atoms with Gasteiger partial charge >= 0.3 is 0 Å². The number of benzene rings is 6. The molecule has 0 spiro atoms. The van der Waals surface area contributed by atoms with Crippen LogP contribution in [0.1, 0.15) is 107 Å². The van der Waals surface area contributed by atoms with Crippen LogP contribution in [0.15, 0.2) is 145 Å². The molecule has 0 fully saturated rings. The number of aromatic nitrogens is 1. The summed E-state index contributed by atoms with van der Waals surface area (Å²) in [5.41, 5.74) is 16.4. The monoisotopic (exact) mass is 924 g/mol. The van der Waals surface area contributed by atoms with Gasteiger partial charge < -0.3 is 5.11 Å². The number of aliphatic imine (C=N–C) groups is 1. The molecule has 0 amide bonds. The number of pyridine rings is 1. The fraction of sp³-hybridized carbons (Fsp3) is 0.208. The van der Waals surface area contributed by atoms with Gasteiger partial charge in [-0.15, -0.1) is 35.9 Å². The summed E-state index contributed by atoms with van der Waals surface area (Å²) in [6.07, 6.45) is 7.47. The van der Waals surface area contributed by atoms with Gasteiger partial charge in [0.15, 0.2) is 0 Å². The van der Waals surface area contributed by atoms with Crippen molar-refractivity contribution in [3.63, 3.8) is 0 Å². The summed E-state index contributed by atoms with van der Waals surface area (Å²) in [6.45, 7) is 13.3. The van der Waals surface area contributed by atoms with Crippen LogP contribution >= 0.6 is 0 Å². The van der Waals surface area contributed by atoms with Crippen LogP contribution in [0.5, 0.6) is 5.75 Å². The Hall–Kier alpha value is -5.37. The third-order valence-corrected chi connectivity index (χ3v) is 11.2. The molecular formula is C53H49N2OPt-. The zero-order chi connectivity index (χ0) is 38.9. The minimum absolute atomic E-state index is 0. The molecule has 6 aromatic carbocycles. The molecule has 0 radical (unpaired) electrons. The SMILES string of the molecule is Cc1cc(C)cc(C2C=C(c3cc(-c4cc(C(C)C)cc(C(C)C)c4)cc(Cc4ccccc4Cc4cncc5ccccc45)c3O)N=C2c2[c-]cccc2)c1.[Pt]. The van der Waals surface area contributed by atoms with E-state index in [2.05, 4.69) is 162 Å². The largest absolute Gasteiger partial charge is 0.507 e. The van der Waals surface area contributed by atoms with E-state index in [1.165, 1.54) is 49.9 Å². The first-order valence-electron chi connectivity index (χ1n) is 19.9. The van der Waals surface area contributed by atoms with Gasteiger partial charge in [0.25, 0.3) is 0 Å². The summed E-state index contributed by atoms with van der Waals surface area (Å²) in [6, 6.07) is 46.6. The smallest absolute Gasteiger partial charge is 0.128 e. The molecule has 0 saturated carbocycles. The molecular weight excluding hydrogens is 876 g/mol. The molecule has 57 heavy (non-hydrogen) atoms. The van der Waals surface area contributed by atoms with Crippen LogP contribution < -0.4 is 0 Å². The molecule has 1 N–H and O–H groups in total. The van der Waals surface area contributed by atoms with E-state index in [1.807, 2.05) is 30.6 Å². The van der Waals surface area contributed by atoms with E-state index in [9.17, 15) is 5.11 Å². The Bertz CT molecular complexity index is 2580. The number of hydrogen-bond acceptors (Lipinski definition) is 3. The molecule has 4 heteroatoms. The van der Waals surface area contributed by atoms with Crippen molar-refractivity contribution in [1.29, 1.82) is 0 Å². The maximum atomic E-state index is 12.5. The second-order valence-corrected chi connectivity index (χ2v) is 16.1. The van der Waals surface area contributed by atoms with Crippen molar-refractivity contribution in [2.75, 3.05) is 0 Å². The van der Waals surface area contributed by atoms with Gasteiger partial charge in [-0.3, -0.25) is 9.98 Å². The molecule has 288 valence electrons. The summed E-state index contributed by atoms with van der Waals surface area (Å²) in [5, 5.41) is 14.8. The first-order chi connectivity index (χ1) is 27.1. The van der Waals surface area contributed by atoms with E-state index >= 15 is 0 Å². The van der Waals surface area contributed by atoms with Gasteiger partial charge in [-0.25, -0.2) is 0 Å². The Balaban J connectivity index is 0.00000496. The molecule has 1 aliphatic heterocycles. The Kier molecular flexibility index (Phi) is 11.9. The zero-order valence-corrected chi connectivity index (χ0v) is 35.9. The number of hydrogen-bond donors (Lipinski definition) is 1. The van der Waals surface area contributed by atoms with Gasteiger partial charge in [0.05, 0.1) is 5.70 Å². The molecule has 0 bridgehead atoms. The predicted molar refractivity (Wildman–Crippen MR) is 234 cm³/mol. The van der Waals surface area contributed by atoms with Gasteiger partial charge in [-0.2, -0.15) is 0 Å². The van der Waals surface area contributed by atoms with Crippen molar-refractivity contribution in [3.8, 4) is 16.9 Å². The second kappa shape index (κ2) is 17.0. The number of fused-ring (bicyclic) bond motifs is 1. The fourth-order valence-corrected chi connectivity index (χ4v) is 8.18. The minimum atomic E-state index is -0.0828. The molecule has 7 aromatic rings. The number of aromatic hydroxyl groups is 1. The van der Waals surface area contributed by atoms with Crippen LogP contribution in [0.25, 0.3) is 27.6 Å². The third kappa shape index (κ3) is 8.51. The van der Waals surface area contributed by atoms with Crippen molar-refractivity contribution >= 4 is 22.2 Å². The van der Waals surface area contributed by atoms with Crippen LogP contribution in [0.2, 0.25) is 0 Å². The second-order valence-electron chi connectivity index (χ2n) is 16.1. The van der Waals surface area contributed by atoms with Crippen LogP contribution in [-0.4, -0.2) is 15.8 Å². The topological polar surface area (TPSA) is 45.5 Å². The van der Waals surface area contributed by atoms with Crippen LogP contribution in [0.3, 0.4) is 0 Å². The fourth-order valence-electron chi connectivity index (χ4n) is 8.18. The van der Waals surface area contributed by atoms with Crippen molar-refractivity contribution in [2.45, 2.75) is 72.1 Å². The van der Waals surface area contributed by atoms with Gasteiger partial charge in [0, 0.05) is 56.7 Å². The quantitative estimate of drug-likeness (QED) is 0.139. The van der Waals surface area contributed by atoms with Crippen LogP contribution in [0, 0.1) is 19.9 Å². The van der Waals surface area contributed by atoms with Crippen LogP contribution in [0.4, 0.5) is 0 Å². The molecule has 8 rings (SSSR count). The molecule has 3 nitrogen and oxygen atoms in total. The average Bonchev–Trinajstić information content (AvgIpc) is 3.65. The van der Waals surface area contributed by atoms with E-state index < -0.39 is 0 Å². The summed E-state index contributed by atoms with van der Waals surface area (Å²) in [5.74, 6) is 0.946. The Labute approximate surface area is 352 Å². The van der Waals surface area contributed by atoms with Crippen LogP contribution in [-0.2, 0) is 33.9 Å². The number of nitrogens with zero attached hydrogens (tertiary/aromatic N) is 2. The first kappa shape index (κ1) is 39.8. The van der Waals surface area contributed by atoms with Gasteiger partial charge in [0.2, 0.25) is 0 Å². The maximum absolute atomic E-state index is 12.5. The number of rotatable bonds is 10. The number of allylic oxidation sites excluding steroid dienone is 1. The van der Waals surface area contributed by atoms with Crippen molar-refractivity contribution in [3.05, 3.63) is 207 Å². The summed E-state index contributed by atoms with van der Waals surface area (Å²) in [4.78, 5) is 9.94. The third-order valence-electron chi connectivity index (χ3n) is 11.2. The van der Waals surface area contributed by atoms with E-state index in [-0.39, 0.29) is 32.7 Å². The number of phenolic OH excluding ortho intramolecular Hbond substituents is 1. The van der Waals surface area contributed by atoms with E-state index in [4.69, 9.17) is 4.99 Å². The van der Waals surface area contributed by atoms with Gasteiger partial charge in [0.1, 0.15) is 5.75 Å².